The third kappa shape index (κ3) is 4.56. The average Bonchev–Trinajstić information content (AvgIpc) is 3.14. The van der Waals surface area contributed by atoms with Gasteiger partial charge in [0.05, 0.1) is 5.69 Å². The molecule has 0 spiro atoms. The van der Waals surface area contributed by atoms with Crippen molar-refractivity contribution in [2.24, 2.45) is 7.05 Å². The molecule has 0 saturated carbocycles. The molecule has 0 N–H and O–H groups in total. The van der Waals surface area contributed by atoms with Gasteiger partial charge >= 0.3 is 0 Å². The second kappa shape index (κ2) is 8.74. The zero-order valence-corrected chi connectivity index (χ0v) is 18.1. The van der Waals surface area contributed by atoms with E-state index in [-0.39, 0.29) is 5.91 Å². The quantitative estimate of drug-likeness (QED) is 0.648. The van der Waals surface area contributed by atoms with Gasteiger partial charge < -0.3 is 9.80 Å². The van der Waals surface area contributed by atoms with Crippen molar-refractivity contribution in [1.82, 2.24) is 14.7 Å². The Hall–Kier alpha value is -3.08. The summed E-state index contributed by atoms with van der Waals surface area (Å²) in [6, 6.07) is 17.0. The van der Waals surface area contributed by atoms with E-state index in [0.29, 0.717) is 12.8 Å². The lowest BCUT2D eigenvalue weighted by Crippen LogP contribution is -2.48. The maximum atomic E-state index is 12.8. The molecule has 1 aliphatic rings. The predicted molar refractivity (Wildman–Crippen MR) is 122 cm³/mol. The van der Waals surface area contributed by atoms with Crippen LogP contribution in [0.2, 0.25) is 0 Å². The van der Waals surface area contributed by atoms with Gasteiger partial charge in [-0.3, -0.25) is 9.48 Å². The monoisotopic (exact) mass is 402 g/mol. The van der Waals surface area contributed by atoms with E-state index in [1.807, 2.05) is 22.8 Å². The van der Waals surface area contributed by atoms with Crippen LogP contribution in [0.5, 0.6) is 0 Å². The Morgan fingerprint density at radius 3 is 2.13 bits per heavy atom. The van der Waals surface area contributed by atoms with Crippen molar-refractivity contribution in [3.8, 4) is 11.3 Å². The molecular formula is C25H30N4O. The first-order chi connectivity index (χ1) is 14.5. The maximum absolute atomic E-state index is 12.8. The molecule has 1 aliphatic heterocycles. The summed E-state index contributed by atoms with van der Waals surface area (Å²) >= 11 is 0. The topological polar surface area (TPSA) is 41.4 Å². The van der Waals surface area contributed by atoms with E-state index in [4.69, 9.17) is 0 Å². The summed E-state index contributed by atoms with van der Waals surface area (Å²) in [7, 11) is 1.94. The molecule has 30 heavy (non-hydrogen) atoms. The molecule has 3 aromatic rings. The lowest BCUT2D eigenvalue weighted by Gasteiger charge is -2.36. The fraction of sp³-hybridized carbons (Fsp3) is 0.360. The van der Waals surface area contributed by atoms with E-state index in [2.05, 4.69) is 72.4 Å². The molecule has 1 saturated heterocycles. The van der Waals surface area contributed by atoms with E-state index >= 15 is 0 Å². The van der Waals surface area contributed by atoms with Crippen LogP contribution < -0.4 is 4.90 Å². The van der Waals surface area contributed by atoms with Crippen molar-refractivity contribution in [3.63, 3.8) is 0 Å². The minimum Gasteiger partial charge on any atom is -0.368 e. The number of hydrogen-bond acceptors (Lipinski definition) is 3. The van der Waals surface area contributed by atoms with E-state index in [9.17, 15) is 4.79 Å². The van der Waals surface area contributed by atoms with Crippen LogP contribution in [0.4, 0.5) is 5.69 Å². The molecule has 1 fully saturated rings. The smallest absolute Gasteiger partial charge is 0.223 e. The van der Waals surface area contributed by atoms with Crippen LogP contribution in [-0.2, 0) is 18.3 Å². The maximum Gasteiger partial charge on any atom is 0.223 e. The molecule has 156 valence electrons. The molecule has 0 atom stereocenters. The summed E-state index contributed by atoms with van der Waals surface area (Å²) in [6.45, 7) is 7.52. The molecule has 0 aliphatic carbocycles. The lowest BCUT2D eigenvalue weighted by molar-refractivity contribution is -0.131. The van der Waals surface area contributed by atoms with Crippen molar-refractivity contribution < 1.29 is 4.79 Å². The highest BCUT2D eigenvalue weighted by Gasteiger charge is 2.22. The Morgan fingerprint density at radius 2 is 1.50 bits per heavy atom. The van der Waals surface area contributed by atoms with Crippen LogP contribution in [0.15, 0.2) is 54.7 Å². The predicted octanol–water partition coefficient (Wildman–Crippen LogP) is 3.99. The first-order valence-corrected chi connectivity index (χ1v) is 10.7. The van der Waals surface area contributed by atoms with Crippen LogP contribution in [0.1, 0.15) is 23.1 Å². The number of aryl methyl sites for hydroxylation is 4. The Morgan fingerprint density at radius 1 is 0.900 bits per heavy atom. The molecule has 0 unspecified atom stereocenters. The van der Waals surface area contributed by atoms with Gasteiger partial charge in [-0.25, -0.2) is 0 Å². The fourth-order valence-corrected chi connectivity index (χ4v) is 4.04. The lowest BCUT2D eigenvalue weighted by atomic mass is 10.0. The molecule has 5 nitrogen and oxygen atoms in total. The van der Waals surface area contributed by atoms with Gasteiger partial charge in [-0.15, -0.1) is 0 Å². The molecule has 1 amide bonds. The SMILES string of the molecule is Cc1ccc(-c2nn(C)cc2CCC(=O)N2CCN(c3ccc(C)cc3)CC2)cc1. The largest absolute Gasteiger partial charge is 0.368 e. The third-order valence-electron chi connectivity index (χ3n) is 5.87. The molecule has 0 bridgehead atoms. The van der Waals surface area contributed by atoms with Crippen molar-refractivity contribution in [2.45, 2.75) is 26.7 Å². The number of hydrogen-bond donors (Lipinski definition) is 0. The molecule has 1 aromatic heterocycles. The number of aromatic nitrogens is 2. The first kappa shape index (κ1) is 20.2. The number of amides is 1. The van der Waals surface area contributed by atoms with E-state index < -0.39 is 0 Å². The average molecular weight is 403 g/mol. The van der Waals surface area contributed by atoms with Crippen LogP contribution in [0, 0.1) is 13.8 Å². The van der Waals surface area contributed by atoms with Gasteiger partial charge in [0.2, 0.25) is 5.91 Å². The number of nitrogens with zero attached hydrogens (tertiary/aromatic N) is 4. The second-order valence-electron chi connectivity index (χ2n) is 8.25. The van der Waals surface area contributed by atoms with Gasteiger partial charge in [0.15, 0.2) is 0 Å². The number of anilines is 1. The summed E-state index contributed by atoms with van der Waals surface area (Å²) in [5, 5.41) is 4.64. The van der Waals surface area contributed by atoms with E-state index in [1.54, 1.807) is 0 Å². The normalized spacial score (nSPS) is 14.2. The van der Waals surface area contributed by atoms with Crippen LogP contribution in [0.3, 0.4) is 0 Å². The Kier molecular flexibility index (Phi) is 5.88. The molecular weight excluding hydrogens is 372 g/mol. The molecule has 0 radical (unpaired) electrons. The Labute approximate surface area is 178 Å². The van der Waals surface area contributed by atoms with Gasteiger partial charge in [0.1, 0.15) is 0 Å². The minimum atomic E-state index is 0.234. The van der Waals surface area contributed by atoms with Gasteiger partial charge in [-0.05, 0) is 38.0 Å². The number of benzene rings is 2. The highest BCUT2D eigenvalue weighted by atomic mass is 16.2. The molecule has 5 heteroatoms. The van der Waals surface area contributed by atoms with Crippen molar-refractivity contribution >= 4 is 11.6 Å². The molecule has 4 rings (SSSR count). The fourth-order valence-electron chi connectivity index (χ4n) is 4.04. The standard InChI is InChI=1S/C25H30N4O/c1-19-4-8-21(9-5-19)25-22(18-27(3)26-25)10-13-24(30)29-16-14-28(15-17-29)23-11-6-20(2)7-12-23/h4-9,11-12,18H,10,13-17H2,1-3H3. The summed E-state index contributed by atoms with van der Waals surface area (Å²) in [5.41, 5.74) is 6.97. The highest BCUT2D eigenvalue weighted by Crippen LogP contribution is 2.24. The van der Waals surface area contributed by atoms with Crippen LogP contribution in [-0.4, -0.2) is 46.8 Å². The van der Waals surface area contributed by atoms with Crippen LogP contribution >= 0.6 is 0 Å². The number of piperazine rings is 1. The second-order valence-corrected chi connectivity index (χ2v) is 8.25. The Balaban J connectivity index is 1.34. The summed E-state index contributed by atoms with van der Waals surface area (Å²) in [5.74, 6) is 0.234. The van der Waals surface area contributed by atoms with Crippen LogP contribution in [0.25, 0.3) is 11.3 Å². The molecule has 2 aromatic carbocycles. The zero-order valence-electron chi connectivity index (χ0n) is 18.1. The summed E-state index contributed by atoms with van der Waals surface area (Å²) in [6.07, 6.45) is 3.28. The number of carbonyl (C=O) groups is 1. The van der Waals surface area contributed by atoms with Crippen molar-refractivity contribution in [3.05, 3.63) is 71.4 Å². The van der Waals surface area contributed by atoms with Crippen molar-refractivity contribution in [1.29, 1.82) is 0 Å². The van der Waals surface area contributed by atoms with E-state index in [0.717, 1.165) is 43.0 Å². The summed E-state index contributed by atoms with van der Waals surface area (Å²) in [4.78, 5) is 17.2. The van der Waals surface area contributed by atoms with E-state index in [1.165, 1.54) is 16.8 Å². The van der Waals surface area contributed by atoms with Gasteiger partial charge in [0, 0.05) is 57.1 Å². The highest BCUT2D eigenvalue weighted by molar-refractivity contribution is 5.77. The minimum absolute atomic E-state index is 0.234. The number of rotatable bonds is 5. The first-order valence-electron chi connectivity index (χ1n) is 10.7. The van der Waals surface area contributed by atoms with Crippen molar-refractivity contribution in [2.75, 3.05) is 31.1 Å². The molecule has 2 heterocycles. The summed E-state index contributed by atoms with van der Waals surface area (Å²) < 4.78 is 1.84. The Bertz CT molecular complexity index is 997. The third-order valence-corrected chi connectivity index (χ3v) is 5.87. The van der Waals surface area contributed by atoms with Gasteiger partial charge in [-0.1, -0.05) is 47.5 Å². The van der Waals surface area contributed by atoms with Gasteiger partial charge in [0.25, 0.3) is 0 Å². The number of carbonyl (C=O) groups excluding carboxylic acids is 1. The van der Waals surface area contributed by atoms with Gasteiger partial charge in [-0.2, -0.15) is 5.10 Å². The zero-order chi connectivity index (χ0) is 21.1.